The molecule has 1 aromatic heterocycles. The summed E-state index contributed by atoms with van der Waals surface area (Å²) in [5.74, 6) is -0.104. The van der Waals surface area contributed by atoms with Crippen LogP contribution in [-0.4, -0.2) is 35.5 Å². The van der Waals surface area contributed by atoms with E-state index in [1.165, 1.54) is 12.3 Å². The molecule has 31 heavy (non-hydrogen) atoms. The smallest absolute Gasteiger partial charge is 0.341 e. The number of hydrogen-bond acceptors (Lipinski definition) is 4. The zero-order chi connectivity index (χ0) is 22.5. The SMILES string of the molecule is COC1CC(COc2cc3c(cc2Cl)-c2cc(=O)c(C(=O)O)cn2[C@H](C(C)(C)C)C3)C1. The summed E-state index contributed by atoms with van der Waals surface area (Å²) in [6.45, 7) is 6.93. The maximum Gasteiger partial charge on any atom is 0.341 e. The first-order valence-electron chi connectivity index (χ1n) is 10.6. The van der Waals surface area contributed by atoms with E-state index in [-0.39, 0.29) is 17.0 Å². The molecule has 0 saturated heterocycles. The second-order valence-corrected chi connectivity index (χ2v) is 10.1. The Labute approximate surface area is 186 Å². The molecule has 1 fully saturated rings. The van der Waals surface area contributed by atoms with Crippen LogP contribution in [0.2, 0.25) is 5.02 Å². The van der Waals surface area contributed by atoms with Crippen molar-refractivity contribution in [2.75, 3.05) is 13.7 Å². The lowest BCUT2D eigenvalue weighted by atomic mass is 9.79. The Hall–Kier alpha value is -2.31. The van der Waals surface area contributed by atoms with E-state index >= 15 is 0 Å². The van der Waals surface area contributed by atoms with Crippen molar-refractivity contribution in [2.24, 2.45) is 11.3 Å². The number of carbonyl (C=O) groups is 1. The lowest BCUT2D eigenvalue weighted by molar-refractivity contribution is -0.0141. The van der Waals surface area contributed by atoms with Crippen LogP contribution in [0, 0.1) is 11.3 Å². The Bertz CT molecular complexity index is 1080. The van der Waals surface area contributed by atoms with Gasteiger partial charge in [0.1, 0.15) is 11.3 Å². The monoisotopic (exact) mass is 445 g/mol. The summed E-state index contributed by atoms with van der Waals surface area (Å²) in [6, 6.07) is 5.20. The number of ether oxygens (including phenoxy) is 2. The van der Waals surface area contributed by atoms with Crippen molar-refractivity contribution >= 4 is 17.6 Å². The molecule has 1 saturated carbocycles. The number of halogens is 1. The van der Waals surface area contributed by atoms with E-state index in [0.717, 1.165) is 24.0 Å². The van der Waals surface area contributed by atoms with Crippen LogP contribution in [0.1, 0.15) is 55.6 Å². The molecule has 0 amide bonds. The van der Waals surface area contributed by atoms with Gasteiger partial charge in [0.25, 0.3) is 0 Å². The first-order chi connectivity index (χ1) is 14.6. The van der Waals surface area contributed by atoms with Crippen molar-refractivity contribution in [3.05, 3.63) is 50.8 Å². The molecule has 1 aliphatic heterocycles. The zero-order valence-electron chi connectivity index (χ0n) is 18.3. The highest BCUT2D eigenvalue weighted by Gasteiger charge is 2.34. The summed E-state index contributed by atoms with van der Waals surface area (Å²) in [7, 11) is 1.73. The second-order valence-electron chi connectivity index (χ2n) is 9.68. The molecule has 0 unspecified atom stereocenters. The van der Waals surface area contributed by atoms with E-state index in [2.05, 4.69) is 20.8 Å². The van der Waals surface area contributed by atoms with Gasteiger partial charge in [-0.3, -0.25) is 4.79 Å². The third-order valence-electron chi connectivity index (χ3n) is 6.49. The quantitative estimate of drug-likeness (QED) is 0.714. The summed E-state index contributed by atoms with van der Waals surface area (Å²) in [6.07, 6.45) is 4.47. The van der Waals surface area contributed by atoms with Crippen molar-refractivity contribution in [1.29, 1.82) is 0 Å². The zero-order valence-corrected chi connectivity index (χ0v) is 19.0. The molecule has 0 radical (unpaired) electrons. The fourth-order valence-corrected chi connectivity index (χ4v) is 4.76. The van der Waals surface area contributed by atoms with Crippen LogP contribution in [0.5, 0.6) is 5.75 Å². The molecule has 0 spiro atoms. The molecule has 0 bridgehead atoms. The Balaban J connectivity index is 1.72. The maximum absolute atomic E-state index is 12.5. The molecule has 2 aromatic rings. The Kier molecular flexibility index (Phi) is 5.64. The lowest BCUT2D eigenvalue weighted by Gasteiger charge is -2.39. The van der Waals surface area contributed by atoms with Crippen LogP contribution < -0.4 is 10.2 Å². The van der Waals surface area contributed by atoms with Gasteiger partial charge in [0, 0.05) is 31.0 Å². The van der Waals surface area contributed by atoms with Gasteiger partial charge in [-0.25, -0.2) is 4.79 Å². The molecule has 6 nitrogen and oxygen atoms in total. The van der Waals surface area contributed by atoms with Crippen LogP contribution in [0.25, 0.3) is 11.3 Å². The number of pyridine rings is 1. The van der Waals surface area contributed by atoms with Crippen molar-refractivity contribution in [3.8, 4) is 17.0 Å². The minimum absolute atomic E-state index is 0.0168. The normalized spacial score (nSPS) is 22.3. The minimum Gasteiger partial charge on any atom is -0.492 e. The van der Waals surface area contributed by atoms with E-state index in [9.17, 15) is 14.7 Å². The standard InChI is InChI=1S/C24H28ClNO5/c1-24(2,3)22-8-14-7-21(31-12-13-5-15(6-13)30-4)18(25)9-16(14)19-10-20(27)17(23(28)29)11-26(19)22/h7,9-11,13,15,22H,5-6,8,12H2,1-4H3,(H,28,29)/t13?,15?,22-/m0/s1. The molecule has 2 aliphatic rings. The number of carboxylic acid groups (broad SMARTS) is 1. The van der Waals surface area contributed by atoms with E-state index in [1.54, 1.807) is 7.11 Å². The molecule has 1 aromatic carbocycles. The average Bonchev–Trinajstić information content (AvgIpc) is 2.65. The summed E-state index contributed by atoms with van der Waals surface area (Å²) in [5.41, 5.74) is 1.70. The van der Waals surface area contributed by atoms with Crippen LogP contribution in [0.3, 0.4) is 0 Å². The molecular weight excluding hydrogens is 418 g/mol. The number of aromatic nitrogens is 1. The maximum atomic E-state index is 12.5. The van der Waals surface area contributed by atoms with Gasteiger partial charge in [0.15, 0.2) is 5.43 Å². The molecular formula is C24H28ClNO5. The van der Waals surface area contributed by atoms with Gasteiger partial charge in [0.05, 0.1) is 23.4 Å². The fourth-order valence-electron chi connectivity index (χ4n) is 4.54. The molecule has 4 rings (SSSR count). The highest BCUT2D eigenvalue weighted by atomic mass is 35.5. The molecule has 1 N–H and O–H groups in total. The van der Waals surface area contributed by atoms with Crippen molar-refractivity contribution in [3.63, 3.8) is 0 Å². The highest BCUT2D eigenvalue weighted by molar-refractivity contribution is 6.32. The second kappa shape index (κ2) is 7.99. The van der Waals surface area contributed by atoms with Crippen LogP contribution in [0.15, 0.2) is 29.2 Å². The Morgan fingerprint density at radius 2 is 1.97 bits per heavy atom. The van der Waals surface area contributed by atoms with Crippen LogP contribution in [-0.2, 0) is 11.2 Å². The van der Waals surface area contributed by atoms with E-state index in [0.29, 0.717) is 41.5 Å². The van der Waals surface area contributed by atoms with Gasteiger partial charge >= 0.3 is 5.97 Å². The highest BCUT2D eigenvalue weighted by Crippen LogP contribution is 2.45. The summed E-state index contributed by atoms with van der Waals surface area (Å²) in [4.78, 5) is 24.0. The summed E-state index contributed by atoms with van der Waals surface area (Å²) < 4.78 is 13.3. The summed E-state index contributed by atoms with van der Waals surface area (Å²) in [5, 5.41) is 9.92. The first-order valence-corrected chi connectivity index (χ1v) is 10.9. The summed E-state index contributed by atoms with van der Waals surface area (Å²) >= 11 is 6.54. The number of carboxylic acids is 1. The third-order valence-corrected chi connectivity index (χ3v) is 6.79. The molecule has 1 atom stereocenters. The average molecular weight is 446 g/mol. The number of nitrogens with zero attached hydrogens (tertiary/aromatic N) is 1. The fraction of sp³-hybridized carbons (Fsp3) is 0.500. The number of rotatable bonds is 5. The van der Waals surface area contributed by atoms with Crippen LogP contribution in [0.4, 0.5) is 0 Å². The van der Waals surface area contributed by atoms with Crippen molar-refractivity contribution < 1.29 is 19.4 Å². The van der Waals surface area contributed by atoms with Gasteiger partial charge in [-0.05, 0) is 48.3 Å². The van der Waals surface area contributed by atoms with E-state index in [1.807, 2.05) is 16.7 Å². The Morgan fingerprint density at radius 1 is 1.26 bits per heavy atom. The lowest BCUT2D eigenvalue weighted by Crippen LogP contribution is -2.34. The van der Waals surface area contributed by atoms with E-state index in [4.69, 9.17) is 21.1 Å². The number of fused-ring (bicyclic) bond motifs is 3. The third kappa shape index (κ3) is 4.11. The van der Waals surface area contributed by atoms with Crippen molar-refractivity contribution in [2.45, 2.75) is 52.2 Å². The van der Waals surface area contributed by atoms with E-state index < -0.39 is 11.4 Å². The number of aromatic carboxylic acids is 1. The molecule has 2 heterocycles. The number of methoxy groups -OCH3 is 1. The van der Waals surface area contributed by atoms with Gasteiger partial charge in [0.2, 0.25) is 0 Å². The molecule has 7 heteroatoms. The van der Waals surface area contributed by atoms with Crippen molar-refractivity contribution in [1.82, 2.24) is 4.57 Å². The largest absolute Gasteiger partial charge is 0.492 e. The Morgan fingerprint density at radius 3 is 2.58 bits per heavy atom. The van der Waals surface area contributed by atoms with Gasteiger partial charge in [-0.2, -0.15) is 0 Å². The predicted octanol–water partition coefficient (Wildman–Crippen LogP) is 4.81. The molecule has 1 aliphatic carbocycles. The van der Waals surface area contributed by atoms with Gasteiger partial charge < -0.3 is 19.1 Å². The minimum atomic E-state index is -1.22. The topological polar surface area (TPSA) is 77.8 Å². The molecule has 166 valence electrons. The number of benzene rings is 1. The predicted molar refractivity (Wildman–Crippen MR) is 119 cm³/mol. The van der Waals surface area contributed by atoms with Gasteiger partial charge in [-0.1, -0.05) is 32.4 Å². The number of hydrogen-bond donors (Lipinski definition) is 1. The van der Waals surface area contributed by atoms with Gasteiger partial charge in [-0.15, -0.1) is 0 Å². The first kappa shape index (κ1) is 21.9. The van der Waals surface area contributed by atoms with Crippen LogP contribution >= 0.6 is 11.6 Å².